The third-order valence-electron chi connectivity index (χ3n) is 5.91. The van der Waals surface area contributed by atoms with Gasteiger partial charge in [-0.05, 0) is 24.5 Å². The third-order valence-corrected chi connectivity index (χ3v) is 5.91. The molecule has 1 aliphatic heterocycles. The molecule has 0 bridgehead atoms. The molecular formula is C25H25N5O. The van der Waals surface area contributed by atoms with Gasteiger partial charge >= 0.3 is 0 Å². The Morgan fingerprint density at radius 2 is 1.71 bits per heavy atom. The molecule has 1 saturated heterocycles. The number of nitrogens with one attached hydrogen (secondary N) is 1. The van der Waals surface area contributed by atoms with Crippen molar-refractivity contribution in [3.63, 3.8) is 0 Å². The van der Waals surface area contributed by atoms with Gasteiger partial charge in [-0.1, -0.05) is 60.7 Å². The topological polar surface area (TPSA) is 62.5 Å². The van der Waals surface area contributed by atoms with Gasteiger partial charge in [-0.25, -0.2) is 9.50 Å². The average Bonchev–Trinajstić information content (AvgIpc) is 3.28. The van der Waals surface area contributed by atoms with Crippen molar-refractivity contribution < 1.29 is 4.79 Å². The van der Waals surface area contributed by atoms with E-state index >= 15 is 0 Å². The van der Waals surface area contributed by atoms with Gasteiger partial charge in [0.1, 0.15) is 5.52 Å². The molecule has 1 N–H and O–H groups in total. The van der Waals surface area contributed by atoms with Gasteiger partial charge in [0.05, 0.1) is 5.69 Å². The van der Waals surface area contributed by atoms with Crippen LogP contribution in [0.25, 0.3) is 16.8 Å². The Hall–Kier alpha value is -3.67. The Morgan fingerprint density at radius 1 is 1.00 bits per heavy atom. The predicted molar refractivity (Wildman–Crippen MR) is 122 cm³/mol. The van der Waals surface area contributed by atoms with Crippen molar-refractivity contribution in [3.05, 3.63) is 84.7 Å². The summed E-state index contributed by atoms with van der Waals surface area (Å²) in [5.41, 5.74) is 4.14. The van der Waals surface area contributed by atoms with Crippen molar-refractivity contribution in [2.24, 2.45) is 5.92 Å². The van der Waals surface area contributed by atoms with Crippen LogP contribution in [0.1, 0.15) is 18.4 Å². The van der Waals surface area contributed by atoms with E-state index in [1.54, 1.807) is 6.20 Å². The number of carbonyl (C=O) groups excluding carboxylic acids is 1. The number of rotatable bonds is 5. The first kappa shape index (κ1) is 19.3. The minimum Gasteiger partial charge on any atom is -0.355 e. The zero-order chi connectivity index (χ0) is 21.0. The van der Waals surface area contributed by atoms with Crippen molar-refractivity contribution in [1.29, 1.82) is 0 Å². The van der Waals surface area contributed by atoms with Crippen LogP contribution in [-0.4, -0.2) is 33.6 Å². The highest BCUT2D eigenvalue weighted by atomic mass is 16.1. The zero-order valence-corrected chi connectivity index (χ0v) is 17.3. The van der Waals surface area contributed by atoms with Gasteiger partial charge < -0.3 is 10.2 Å². The van der Waals surface area contributed by atoms with E-state index in [1.807, 2.05) is 59.2 Å². The molecule has 0 radical (unpaired) electrons. The molecule has 2 aromatic heterocycles. The molecule has 2 aromatic carbocycles. The molecule has 1 amide bonds. The summed E-state index contributed by atoms with van der Waals surface area (Å²) in [6, 6.07) is 22.3. The lowest BCUT2D eigenvalue weighted by Gasteiger charge is -2.32. The Balaban J connectivity index is 1.26. The molecule has 0 atom stereocenters. The number of hydrogen-bond donors (Lipinski definition) is 1. The van der Waals surface area contributed by atoms with Crippen LogP contribution >= 0.6 is 0 Å². The van der Waals surface area contributed by atoms with E-state index < -0.39 is 0 Å². The first-order valence-electron chi connectivity index (χ1n) is 10.7. The number of hydrogen-bond acceptors (Lipinski definition) is 4. The first-order chi connectivity index (χ1) is 15.3. The van der Waals surface area contributed by atoms with Crippen LogP contribution in [0, 0.1) is 5.92 Å². The molecule has 1 fully saturated rings. The number of carbonyl (C=O) groups is 1. The molecule has 0 unspecified atom stereocenters. The van der Waals surface area contributed by atoms with Gasteiger partial charge in [-0.3, -0.25) is 4.79 Å². The normalized spacial score (nSPS) is 14.6. The monoisotopic (exact) mass is 411 g/mol. The summed E-state index contributed by atoms with van der Waals surface area (Å²) in [5, 5.41) is 7.81. The summed E-state index contributed by atoms with van der Waals surface area (Å²) in [6.07, 6.45) is 5.32. The molecule has 6 heteroatoms. The quantitative estimate of drug-likeness (QED) is 0.541. The van der Waals surface area contributed by atoms with E-state index in [2.05, 4.69) is 33.4 Å². The second-order valence-electron chi connectivity index (χ2n) is 7.94. The van der Waals surface area contributed by atoms with Crippen LogP contribution in [0.5, 0.6) is 0 Å². The molecule has 5 rings (SSSR count). The standard InChI is InChI=1S/C25H25N5O/c31-25(27-18-19-7-3-1-4-8-19)21-11-14-29(15-12-21)24-23-17-22(20-9-5-2-6-10-20)28-30(23)16-13-26-24/h1-10,13,16-17,21H,11-12,14-15,18H2,(H,27,31). The highest BCUT2D eigenvalue weighted by Gasteiger charge is 2.26. The Labute approximate surface area is 181 Å². The second-order valence-corrected chi connectivity index (χ2v) is 7.94. The van der Waals surface area contributed by atoms with Gasteiger partial charge in [-0.15, -0.1) is 0 Å². The molecule has 6 nitrogen and oxygen atoms in total. The van der Waals surface area contributed by atoms with Crippen molar-refractivity contribution >= 4 is 17.2 Å². The van der Waals surface area contributed by atoms with Crippen LogP contribution < -0.4 is 10.2 Å². The molecule has 0 aliphatic carbocycles. The first-order valence-corrected chi connectivity index (χ1v) is 10.7. The number of nitrogens with zero attached hydrogens (tertiary/aromatic N) is 4. The number of amides is 1. The van der Waals surface area contributed by atoms with E-state index in [1.165, 1.54) is 0 Å². The number of fused-ring (bicyclic) bond motifs is 1. The third kappa shape index (κ3) is 4.14. The average molecular weight is 412 g/mol. The summed E-state index contributed by atoms with van der Waals surface area (Å²) in [6.45, 7) is 2.20. The number of aromatic nitrogens is 3. The van der Waals surface area contributed by atoms with Gasteiger partial charge in [0, 0.05) is 43.5 Å². The summed E-state index contributed by atoms with van der Waals surface area (Å²) in [7, 11) is 0. The zero-order valence-electron chi connectivity index (χ0n) is 17.3. The van der Waals surface area contributed by atoms with Crippen molar-refractivity contribution in [3.8, 4) is 11.3 Å². The molecular weight excluding hydrogens is 386 g/mol. The number of anilines is 1. The van der Waals surface area contributed by atoms with E-state index in [0.29, 0.717) is 6.54 Å². The summed E-state index contributed by atoms with van der Waals surface area (Å²) in [4.78, 5) is 19.5. The Morgan fingerprint density at radius 3 is 2.45 bits per heavy atom. The maximum atomic E-state index is 12.6. The van der Waals surface area contributed by atoms with Crippen LogP contribution in [0.4, 0.5) is 5.82 Å². The van der Waals surface area contributed by atoms with Gasteiger partial charge in [0.25, 0.3) is 0 Å². The molecule has 3 heterocycles. The van der Waals surface area contributed by atoms with E-state index in [9.17, 15) is 4.79 Å². The minimum atomic E-state index is 0.0458. The highest BCUT2D eigenvalue weighted by molar-refractivity contribution is 5.79. The lowest BCUT2D eigenvalue weighted by Crippen LogP contribution is -2.40. The molecule has 0 saturated carbocycles. The van der Waals surface area contributed by atoms with Gasteiger partial charge in [-0.2, -0.15) is 5.10 Å². The lowest BCUT2D eigenvalue weighted by molar-refractivity contribution is -0.125. The lowest BCUT2D eigenvalue weighted by atomic mass is 9.95. The summed E-state index contributed by atoms with van der Waals surface area (Å²) in [5.74, 6) is 1.12. The van der Waals surface area contributed by atoms with Crippen LogP contribution in [0.3, 0.4) is 0 Å². The molecule has 1 aliphatic rings. The highest BCUT2D eigenvalue weighted by Crippen LogP contribution is 2.28. The fraction of sp³-hybridized carbons (Fsp3) is 0.240. The maximum absolute atomic E-state index is 12.6. The SMILES string of the molecule is O=C(NCc1ccccc1)C1CCN(c2nccn3nc(-c4ccccc4)cc23)CC1. The minimum absolute atomic E-state index is 0.0458. The van der Waals surface area contributed by atoms with Crippen LogP contribution in [-0.2, 0) is 11.3 Å². The Kier molecular flexibility index (Phi) is 5.35. The number of piperidine rings is 1. The van der Waals surface area contributed by atoms with Gasteiger partial charge in [0.2, 0.25) is 5.91 Å². The molecule has 156 valence electrons. The second kappa shape index (κ2) is 8.60. The molecule has 4 aromatic rings. The predicted octanol–water partition coefficient (Wildman–Crippen LogP) is 3.93. The largest absolute Gasteiger partial charge is 0.355 e. The fourth-order valence-electron chi connectivity index (χ4n) is 4.18. The molecule has 0 spiro atoms. The fourth-order valence-corrected chi connectivity index (χ4v) is 4.18. The number of benzene rings is 2. The van der Waals surface area contributed by atoms with Gasteiger partial charge in [0.15, 0.2) is 5.82 Å². The van der Waals surface area contributed by atoms with E-state index in [-0.39, 0.29) is 11.8 Å². The molecule has 31 heavy (non-hydrogen) atoms. The van der Waals surface area contributed by atoms with Crippen LogP contribution in [0.2, 0.25) is 0 Å². The van der Waals surface area contributed by atoms with Crippen LogP contribution in [0.15, 0.2) is 79.1 Å². The summed E-state index contributed by atoms with van der Waals surface area (Å²) < 4.78 is 1.89. The van der Waals surface area contributed by atoms with E-state index in [4.69, 9.17) is 5.10 Å². The van der Waals surface area contributed by atoms with Crippen molar-refractivity contribution in [2.75, 3.05) is 18.0 Å². The summed E-state index contributed by atoms with van der Waals surface area (Å²) >= 11 is 0. The smallest absolute Gasteiger partial charge is 0.223 e. The van der Waals surface area contributed by atoms with Crippen molar-refractivity contribution in [1.82, 2.24) is 19.9 Å². The Bertz CT molecular complexity index is 1160. The van der Waals surface area contributed by atoms with Crippen molar-refractivity contribution in [2.45, 2.75) is 19.4 Å². The van der Waals surface area contributed by atoms with E-state index in [0.717, 1.165) is 54.1 Å². The maximum Gasteiger partial charge on any atom is 0.223 e.